The second-order valence-electron chi connectivity index (χ2n) is 8.80. The van der Waals surface area contributed by atoms with Gasteiger partial charge in [0.1, 0.15) is 11.0 Å². The van der Waals surface area contributed by atoms with E-state index in [-0.39, 0.29) is 5.41 Å². The largest absolute Gasteiger partial charge is 0.361 e. The van der Waals surface area contributed by atoms with Gasteiger partial charge in [-0.1, -0.05) is 72.4 Å². The van der Waals surface area contributed by atoms with Gasteiger partial charge >= 0.3 is 0 Å². The van der Waals surface area contributed by atoms with Gasteiger partial charge in [-0.25, -0.2) is 4.98 Å². The van der Waals surface area contributed by atoms with E-state index in [0.29, 0.717) is 16.2 Å². The third-order valence-corrected chi connectivity index (χ3v) is 7.33. The van der Waals surface area contributed by atoms with Gasteiger partial charge in [0.25, 0.3) is 0 Å². The first kappa shape index (κ1) is 22.4. The van der Waals surface area contributed by atoms with Crippen LogP contribution in [0.4, 0.5) is 11.8 Å². The van der Waals surface area contributed by atoms with E-state index in [4.69, 9.17) is 35.4 Å². The number of nitrogens with zero attached hydrogens (tertiary/aromatic N) is 3. The molecular formula is C25H25Cl2N5S. The second kappa shape index (κ2) is 9.45. The number of fused-ring (bicyclic) bond motifs is 1. The van der Waals surface area contributed by atoms with Gasteiger partial charge in [0.2, 0.25) is 5.95 Å². The van der Waals surface area contributed by atoms with Gasteiger partial charge in [-0.05, 0) is 53.9 Å². The Labute approximate surface area is 209 Å². The highest BCUT2D eigenvalue weighted by molar-refractivity contribution is 7.80. The molecule has 2 aliphatic rings. The molecular weight excluding hydrogens is 473 g/mol. The molecule has 0 unspecified atom stereocenters. The van der Waals surface area contributed by atoms with E-state index in [2.05, 4.69) is 61.9 Å². The van der Waals surface area contributed by atoms with Crippen molar-refractivity contribution in [3.63, 3.8) is 0 Å². The van der Waals surface area contributed by atoms with Gasteiger partial charge < -0.3 is 15.5 Å². The van der Waals surface area contributed by atoms with Crippen LogP contribution < -0.4 is 15.5 Å². The van der Waals surface area contributed by atoms with E-state index in [1.807, 2.05) is 12.1 Å². The summed E-state index contributed by atoms with van der Waals surface area (Å²) in [4.78, 5) is 11.2. The van der Waals surface area contributed by atoms with Crippen LogP contribution in [0.5, 0.6) is 0 Å². The maximum atomic E-state index is 6.33. The molecule has 5 rings (SSSR count). The van der Waals surface area contributed by atoms with Crippen LogP contribution in [0.15, 0.2) is 54.6 Å². The summed E-state index contributed by atoms with van der Waals surface area (Å²) in [6.45, 7) is 2.33. The van der Waals surface area contributed by atoms with Crippen molar-refractivity contribution in [3.8, 4) is 0 Å². The molecule has 3 aromatic rings. The van der Waals surface area contributed by atoms with Crippen molar-refractivity contribution in [2.45, 2.75) is 44.2 Å². The van der Waals surface area contributed by atoms with Crippen LogP contribution in [0.3, 0.4) is 0 Å². The molecule has 2 heterocycles. The summed E-state index contributed by atoms with van der Waals surface area (Å²) in [6, 6.07) is 18.4. The Morgan fingerprint density at radius 3 is 2.39 bits per heavy atom. The van der Waals surface area contributed by atoms with E-state index in [1.165, 1.54) is 29.5 Å². The summed E-state index contributed by atoms with van der Waals surface area (Å²) in [6.07, 6.45) is 4.62. The number of hydrogen-bond donors (Lipinski definition) is 2. The first-order valence-corrected chi connectivity index (χ1v) is 12.3. The monoisotopic (exact) mass is 497 g/mol. The van der Waals surface area contributed by atoms with Crippen molar-refractivity contribution in [2.75, 3.05) is 16.8 Å². The Balaban J connectivity index is 1.26. The van der Waals surface area contributed by atoms with Gasteiger partial charge in [-0.15, -0.1) is 0 Å². The predicted molar refractivity (Wildman–Crippen MR) is 139 cm³/mol. The second-order valence-corrected chi connectivity index (χ2v) is 10.0. The topological polar surface area (TPSA) is 53.1 Å². The quantitative estimate of drug-likeness (QED) is 0.328. The maximum Gasteiger partial charge on any atom is 0.232 e. The van der Waals surface area contributed by atoms with Gasteiger partial charge in [0, 0.05) is 36.1 Å². The predicted octanol–water partition coefficient (Wildman–Crippen LogP) is 6.10. The number of benzene rings is 2. The highest BCUT2D eigenvalue weighted by Gasteiger charge is 2.35. The molecule has 170 valence electrons. The van der Waals surface area contributed by atoms with Gasteiger partial charge in [0.15, 0.2) is 5.11 Å². The number of aromatic nitrogens is 2. The fourth-order valence-electron chi connectivity index (χ4n) is 4.95. The fourth-order valence-corrected chi connectivity index (χ4v) is 5.48. The Morgan fingerprint density at radius 2 is 1.70 bits per heavy atom. The maximum absolute atomic E-state index is 6.33. The first-order valence-electron chi connectivity index (χ1n) is 11.2. The third kappa shape index (κ3) is 4.93. The molecule has 5 nitrogen and oxygen atoms in total. The molecule has 0 amide bonds. The van der Waals surface area contributed by atoms with Crippen molar-refractivity contribution in [2.24, 2.45) is 0 Å². The zero-order valence-electron chi connectivity index (χ0n) is 18.2. The molecule has 1 aromatic heterocycles. The molecule has 0 spiro atoms. The van der Waals surface area contributed by atoms with Crippen LogP contribution >= 0.6 is 35.4 Å². The molecule has 1 aliphatic carbocycles. The van der Waals surface area contributed by atoms with E-state index >= 15 is 0 Å². The summed E-state index contributed by atoms with van der Waals surface area (Å²) in [5, 5.41) is 8.16. The molecule has 0 bridgehead atoms. The summed E-state index contributed by atoms with van der Waals surface area (Å²) in [5.74, 6) is 1.18. The highest BCUT2D eigenvalue weighted by atomic mass is 35.5. The minimum absolute atomic E-state index is 0.0261. The molecule has 1 fully saturated rings. The fraction of sp³-hybridized carbons (Fsp3) is 0.320. The Bertz CT molecular complexity index is 1150. The van der Waals surface area contributed by atoms with E-state index in [9.17, 15) is 0 Å². The summed E-state index contributed by atoms with van der Waals surface area (Å²) >= 11 is 18.2. The molecule has 8 heteroatoms. The first-order chi connectivity index (χ1) is 16.0. The van der Waals surface area contributed by atoms with Crippen LogP contribution in [-0.4, -0.2) is 21.6 Å². The van der Waals surface area contributed by atoms with E-state index < -0.39 is 0 Å². The number of anilines is 2. The SMILES string of the molecule is S=C(NCC1(c2cccc(Cl)c2)CCCC1)Nc1nc(Cl)cc(N2Cc3ccccc3C2)n1. The Morgan fingerprint density at radius 1 is 0.970 bits per heavy atom. The number of rotatable bonds is 5. The lowest BCUT2D eigenvalue weighted by Crippen LogP contribution is -2.41. The lowest BCUT2D eigenvalue weighted by Gasteiger charge is -2.30. The zero-order chi connectivity index (χ0) is 22.8. The molecule has 0 radical (unpaired) electrons. The van der Waals surface area contributed by atoms with Crippen LogP contribution in [0.2, 0.25) is 10.2 Å². The minimum Gasteiger partial charge on any atom is -0.361 e. The van der Waals surface area contributed by atoms with Crippen molar-refractivity contribution in [1.29, 1.82) is 0 Å². The third-order valence-electron chi connectivity index (χ3n) is 6.66. The van der Waals surface area contributed by atoms with Gasteiger partial charge in [-0.3, -0.25) is 0 Å². The van der Waals surface area contributed by atoms with Crippen molar-refractivity contribution >= 4 is 52.3 Å². The lowest BCUT2D eigenvalue weighted by molar-refractivity contribution is 0.435. The molecule has 0 saturated heterocycles. The summed E-state index contributed by atoms with van der Waals surface area (Å²) < 4.78 is 0. The number of thiocarbonyl (C=S) groups is 1. The number of hydrogen-bond acceptors (Lipinski definition) is 4. The summed E-state index contributed by atoms with van der Waals surface area (Å²) in [5.41, 5.74) is 3.90. The molecule has 2 N–H and O–H groups in total. The zero-order valence-corrected chi connectivity index (χ0v) is 20.5. The Hall–Kier alpha value is -2.41. The van der Waals surface area contributed by atoms with E-state index in [0.717, 1.165) is 43.3 Å². The average Bonchev–Trinajstić information content (AvgIpc) is 3.45. The molecule has 1 saturated carbocycles. The standard InChI is InChI=1S/C25H25Cl2N5S/c26-20-9-5-8-19(12-20)25(10-3-4-11-25)16-28-24(33)31-23-29-21(27)13-22(30-23)32-14-17-6-1-2-7-18(17)15-32/h1-2,5-9,12-13H,3-4,10-11,14-16H2,(H2,28,29,30,31,33). The van der Waals surface area contributed by atoms with Crippen LogP contribution in [0.25, 0.3) is 0 Å². The van der Waals surface area contributed by atoms with Crippen molar-refractivity contribution in [3.05, 3.63) is 81.5 Å². The molecule has 33 heavy (non-hydrogen) atoms. The minimum atomic E-state index is 0.0261. The van der Waals surface area contributed by atoms with Gasteiger partial charge in [0.05, 0.1) is 0 Å². The van der Waals surface area contributed by atoms with Crippen LogP contribution in [0, 0.1) is 0 Å². The number of nitrogens with one attached hydrogen (secondary N) is 2. The Kier molecular flexibility index (Phi) is 6.41. The van der Waals surface area contributed by atoms with Crippen LogP contribution in [-0.2, 0) is 18.5 Å². The molecule has 0 atom stereocenters. The van der Waals surface area contributed by atoms with Crippen molar-refractivity contribution < 1.29 is 0 Å². The normalized spacial score (nSPS) is 16.5. The average molecular weight is 498 g/mol. The van der Waals surface area contributed by atoms with Crippen LogP contribution in [0.1, 0.15) is 42.4 Å². The number of halogens is 2. The van der Waals surface area contributed by atoms with Crippen molar-refractivity contribution in [1.82, 2.24) is 15.3 Å². The van der Waals surface area contributed by atoms with Gasteiger partial charge in [-0.2, -0.15) is 4.98 Å². The summed E-state index contributed by atoms with van der Waals surface area (Å²) in [7, 11) is 0. The molecule has 2 aromatic carbocycles. The highest BCUT2D eigenvalue weighted by Crippen LogP contribution is 2.41. The van der Waals surface area contributed by atoms with E-state index in [1.54, 1.807) is 6.07 Å². The lowest BCUT2D eigenvalue weighted by atomic mass is 9.79. The molecule has 1 aliphatic heterocycles. The smallest absolute Gasteiger partial charge is 0.232 e.